The predicted octanol–water partition coefficient (Wildman–Crippen LogP) is 4.05. The molecular formula is C22H27N3O2S. The molecule has 0 saturated carbocycles. The summed E-state index contributed by atoms with van der Waals surface area (Å²) in [6, 6.07) is 7.70. The first kappa shape index (κ1) is 19.2. The van der Waals surface area contributed by atoms with E-state index < -0.39 is 0 Å². The third kappa shape index (κ3) is 4.13. The van der Waals surface area contributed by atoms with Crippen molar-refractivity contribution in [3.63, 3.8) is 0 Å². The van der Waals surface area contributed by atoms with E-state index >= 15 is 0 Å². The molecule has 2 aromatic heterocycles. The number of benzene rings is 1. The van der Waals surface area contributed by atoms with Crippen molar-refractivity contribution in [3.8, 4) is 0 Å². The van der Waals surface area contributed by atoms with Crippen LogP contribution in [0.1, 0.15) is 47.3 Å². The van der Waals surface area contributed by atoms with Crippen LogP contribution < -0.4 is 10.9 Å². The van der Waals surface area contributed by atoms with Crippen molar-refractivity contribution in [1.29, 1.82) is 0 Å². The Morgan fingerprint density at radius 2 is 1.93 bits per heavy atom. The molecule has 1 aliphatic rings. The lowest BCUT2D eigenvalue weighted by Crippen LogP contribution is -2.30. The highest BCUT2D eigenvalue weighted by atomic mass is 32.1. The van der Waals surface area contributed by atoms with E-state index in [2.05, 4.69) is 21.3 Å². The number of hydrogen-bond donors (Lipinski definition) is 2. The number of amides is 1. The first-order valence-electron chi connectivity index (χ1n) is 10.2. The van der Waals surface area contributed by atoms with Gasteiger partial charge in [0.25, 0.3) is 11.5 Å². The summed E-state index contributed by atoms with van der Waals surface area (Å²) in [5.74, 6) is -0.0859. The first-order valence-corrected chi connectivity index (χ1v) is 11.0. The molecule has 0 bridgehead atoms. The maximum atomic E-state index is 12.6. The summed E-state index contributed by atoms with van der Waals surface area (Å²) >= 11 is 1.40. The van der Waals surface area contributed by atoms with Crippen molar-refractivity contribution in [2.24, 2.45) is 0 Å². The average Bonchev–Trinajstić information content (AvgIpc) is 2.98. The number of aromatic nitrogens is 1. The zero-order chi connectivity index (χ0) is 19.5. The molecule has 0 atom stereocenters. The van der Waals surface area contributed by atoms with E-state index in [0.717, 1.165) is 34.1 Å². The molecule has 148 valence electrons. The average molecular weight is 398 g/mol. The Morgan fingerprint density at radius 3 is 2.71 bits per heavy atom. The minimum atomic E-state index is -0.136. The van der Waals surface area contributed by atoms with Gasteiger partial charge in [-0.05, 0) is 64.0 Å². The highest BCUT2D eigenvalue weighted by molar-refractivity contribution is 7.21. The predicted molar refractivity (Wildman–Crippen MR) is 117 cm³/mol. The quantitative estimate of drug-likeness (QED) is 0.639. The van der Waals surface area contributed by atoms with Crippen LogP contribution in [0.25, 0.3) is 21.0 Å². The molecule has 0 spiro atoms. The summed E-state index contributed by atoms with van der Waals surface area (Å²) in [4.78, 5) is 31.0. The lowest BCUT2D eigenvalue weighted by Gasteiger charge is -2.19. The fourth-order valence-corrected chi connectivity index (χ4v) is 5.07. The Balaban J connectivity index is 1.44. The van der Waals surface area contributed by atoms with Crippen molar-refractivity contribution >= 4 is 38.2 Å². The van der Waals surface area contributed by atoms with Crippen molar-refractivity contribution in [2.75, 3.05) is 26.2 Å². The summed E-state index contributed by atoms with van der Waals surface area (Å²) in [5.41, 5.74) is 1.81. The van der Waals surface area contributed by atoms with Gasteiger partial charge in [-0.25, -0.2) is 0 Å². The maximum absolute atomic E-state index is 12.6. The number of H-pyrrole nitrogens is 1. The molecular weight excluding hydrogens is 370 g/mol. The van der Waals surface area contributed by atoms with Crippen LogP contribution in [0.5, 0.6) is 0 Å². The Hall–Kier alpha value is -2.18. The molecule has 1 fully saturated rings. The third-order valence-corrected chi connectivity index (χ3v) is 6.67. The molecule has 6 heteroatoms. The third-order valence-electron chi connectivity index (χ3n) is 5.50. The van der Waals surface area contributed by atoms with Crippen LogP contribution >= 0.6 is 11.3 Å². The number of nitrogens with zero attached hydrogens (tertiary/aromatic N) is 1. The summed E-state index contributed by atoms with van der Waals surface area (Å²) in [7, 11) is 0. The van der Waals surface area contributed by atoms with E-state index in [4.69, 9.17) is 0 Å². The van der Waals surface area contributed by atoms with Gasteiger partial charge in [0.2, 0.25) is 0 Å². The van der Waals surface area contributed by atoms with Gasteiger partial charge in [0.15, 0.2) is 0 Å². The van der Waals surface area contributed by atoms with Crippen LogP contribution in [-0.4, -0.2) is 42.0 Å². The standard InChI is InChI=1S/C22H27N3O2S/c1-15-7-8-18-16(13-15)20-17(21(26)24-18)14-19(28-20)22(27)23-9-6-12-25-10-4-2-3-5-11-25/h7-8,13-14H,2-6,9-12H2,1H3,(H,23,27)(H,24,26). The van der Waals surface area contributed by atoms with E-state index in [1.54, 1.807) is 6.07 Å². The number of fused-ring (bicyclic) bond motifs is 3. The molecule has 1 aliphatic heterocycles. The van der Waals surface area contributed by atoms with Crippen molar-refractivity contribution in [1.82, 2.24) is 15.2 Å². The highest BCUT2D eigenvalue weighted by Gasteiger charge is 2.15. The van der Waals surface area contributed by atoms with Crippen LogP contribution in [0.2, 0.25) is 0 Å². The molecule has 3 heterocycles. The second-order valence-corrected chi connectivity index (χ2v) is 8.77. The number of hydrogen-bond acceptors (Lipinski definition) is 4. The molecule has 1 aromatic carbocycles. The van der Waals surface area contributed by atoms with Gasteiger partial charge in [-0.2, -0.15) is 0 Å². The number of likely N-dealkylation sites (tertiary alicyclic amines) is 1. The van der Waals surface area contributed by atoms with Gasteiger partial charge in [0.05, 0.1) is 10.3 Å². The minimum absolute atomic E-state index is 0.0859. The molecule has 5 nitrogen and oxygen atoms in total. The molecule has 0 aliphatic carbocycles. The number of pyridine rings is 1. The van der Waals surface area contributed by atoms with Crippen molar-refractivity contribution in [2.45, 2.75) is 39.0 Å². The fourth-order valence-electron chi connectivity index (χ4n) is 3.97. The number of aromatic amines is 1. The molecule has 1 amide bonds. The second kappa shape index (κ2) is 8.45. The first-order chi connectivity index (χ1) is 13.6. The number of nitrogens with one attached hydrogen (secondary N) is 2. The Bertz CT molecular complexity index is 1050. The molecule has 3 aromatic rings. The molecule has 1 saturated heterocycles. The lowest BCUT2D eigenvalue weighted by molar-refractivity contribution is 0.0956. The monoisotopic (exact) mass is 397 g/mol. The minimum Gasteiger partial charge on any atom is -0.351 e. The molecule has 28 heavy (non-hydrogen) atoms. The summed E-state index contributed by atoms with van der Waals surface area (Å²) < 4.78 is 0.886. The summed E-state index contributed by atoms with van der Waals surface area (Å²) in [6.07, 6.45) is 6.21. The van der Waals surface area contributed by atoms with Crippen LogP contribution in [0, 0.1) is 6.92 Å². The molecule has 0 radical (unpaired) electrons. The Morgan fingerprint density at radius 1 is 1.14 bits per heavy atom. The highest BCUT2D eigenvalue weighted by Crippen LogP contribution is 2.30. The molecule has 2 N–H and O–H groups in total. The topological polar surface area (TPSA) is 65.2 Å². The largest absolute Gasteiger partial charge is 0.351 e. The maximum Gasteiger partial charge on any atom is 0.261 e. The Labute approximate surface area is 168 Å². The van der Waals surface area contributed by atoms with Gasteiger partial charge in [-0.15, -0.1) is 11.3 Å². The van der Waals surface area contributed by atoms with E-state index in [9.17, 15) is 9.59 Å². The normalized spacial score (nSPS) is 15.8. The van der Waals surface area contributed by atoms with E-state index in [1.165, 1.54) is 50.1 Å². The Kier molecular flexibility index (Phi) is 5.78. The van der Waals surface area contributed by atoms with Crippen LogP contribution in [0.15, 0.2) is 29.1 Å². The number of carbonyl (C=O) groups excluding carboxylic acids is 1. The number of aryl methyl sites for hydroxylation is 1. The van der Waals surface area contributed by atoms with Gasteiger partial charge in [-0.1, -0.05) is 24.5 Å². The van der Waals surface area contributed by atoms with Crippen LogP contribution in [-0.2, 0) is 0 Å². The van der Waals surface area contributed by atoms with Crippen molar-refractivity contribution < 1.29 is 4.79 Å². The zero-order valence-electron chi connectivity index (χ0n) is 16.3. The van der Waals surface area contributed by atoms with Gasteiger partial charge in [0, 0.05) is 22.1 Å². The number of thiophene rings is 1. The van der Waals surface area contributed by atoms with Gasteiger partial charge < -0.3 is 15.2 Å². The van der Waals surface area contributed by atoms with Crippen molar-refractivity contribution in [3.05, 3.63) is 45.1 Å². The van der Waals surface area contributed by atoms with Crippen LogP contribution in [0.4, 0.5) is 0 Å². The summed E-state index contributed by atoms with van der Waals surface area (Å²) in [5, 5.41) is 4.62. The number of carbonyl (C=O) groups is 1. The molecule has 4 rings (SSSR count). The summed E-state index contributed by atoms with van der Waals surface area (Å²) in [6.45, 7) is 6.09. The lowest BCUT2D eigenvalue weighted by atomic mass is 10.1. The van der Waals surface area contributed by atoms with E-state index in [-0.39, 0.29) is 11.5 Å². The number of rotatable bonds is 5. The van der Waals surface area contributed by atoms with E-state index in [1.807, 2.05) is 19.1 Å². The van der Waals surface area contributed by atoms with Gasteiger partial charge in [-0.3, -0.25) is 9.59 Å². The molecule has 0 unspecified atom stereocenters. The zero-order valence-corrected chi connectivity index (χ0v) is 17.2. The smallest absolute Gasteiger partial charge is 0.261 e. The fraction of sp³-hybridized carbons (Fsp3) is 0.455. The van der Waals surface area contributed by atoms with Crippen LogP contribution in [0.3, 0.4) is 0 Å². The van der Waals surface area contributed by atoms with Gasteiger partial charge in [0.1, 0.15) is 0 Å². The second-order valence-electron chi connectivity index (χ2n) is 7.72. The SMILES string of the molecule is Cc1ccc2[nH]c(=O)c3cc(C(=O)NCCCN4CCCCCC4)sc3c2c1. The van der Waals surface area contributed by atoms with E-state index in [0.29, 0.717) is 16.8 Å². The van der Waals surface area contributed by atoms with Gasteiger partial charge >= 0.3 is 0 Å².